The third kappa shape index (κ3) is 3.38. The first-order chi connectivity index (χ1) is 19.8. The number of hydrogen-bond acceptors (Lipinski definition) is 4. The molecule has 8 rings (SSSR count). The zero-order valence-electron chi connectivity index (χ0n) is 22.3. The van der Waals surface area contributed by atoms with Gasteiger partial charge in [0, 0.05) is 97.2 Å². The van der Waals surface area contributed by atoms with Crippen molar-refractivity contribution in [3.05, 3.63) is 55.5 Å². The maximum absolute atomic E-state index is 13.7. The minimum atomic E-state index is -0.341. The molecule has 0 aromatic heterocycles. The van der Waals surface area contributed by atoms with Gasteiger partial charge < -0.3 is 9.80 Å². The van der Waals surface area contributed by atoms with Crippen molar-refractivity contribution in [2.45, 2.75) is 32.6 Å². The van der Waals surface area contributed by atoms with Gasteiger partial charge in [0.2, 0.25) is 0 Å². The van der Waals surface area contributed by atoms with Gasteiger partial charge in [0.1, 0.15) is 0 Å². The van der Waals surface area contributed by atoms with Crippen LogP contribution in [-0.2, 0) is 0 Å². The number of hydrogen-bond donors (Lipinski definition) is 0. The van der Waals surface area contributed by atoms with Gasteiger partial charge >= 0.3 is 0 Å². The van der Waals surface area contributed by atoms with Gasteiger partial charge in [-0.1, -0.05) is 59.7 Å². The molecule has 0 aliphatic carbocycles. The molecular formula is C32H25Cl4N3O2. The standard InChI is InChI=1S/C32H25Cl4N3O2/c1-2-3-10-39-31(40)15-11-17(33)24-26-19(35)13-21(37-6-4-7-37)28-22(38-8-5-9-38)14-20(36)27(30(26)28)25-18(34)12-16(32(39)41)23(15)29(24)25/h11-14H,2-10H2,1H3. The zero-order chi connectivity index (χ0) is 28.3. The molecule has 9 heteroatoms. The molecule has 5 nitrogen and oxygen atoms in total. The van der Waals surface area contributed by atoms with Crippen LogP contribution in [0.2, 0.25) is 20.1 Å². The van der Waals surface area contributed by atoms with Crippen molar-refractivity contribution < 1.29 is 9.59 Å². The van der Waals surface area contributed by atoms with E-state index in [1.54, 1.807) is 12.1 Å². The molecule has 0 atom stereocenters. The van der Waals surface area contributed by atoms with Crippen molar-refractivity contribution >= 4 is 113 Å². The number of unbranched alkanes of at least 4 members (excludes halogenated alkanes) is 1. The first-order valence-corrected chi connectivity index (χ1v) is 15.7. The molecule has 3 heterocycles. The van der Waals surface area contributed by atoms with Gasteiger partial charge in [0.15, 0.2) is 0 Å². The summed E-state index contributed by atoms with van der Waals surface area (Å²) in [6.45, 7) is 6.20. The molecular weight excluding hydrogens is 600 g/mol. The lowest BCUT2D eigenvalue weighted by Crippen LogP contribution is -2.41. The van der Waals surface area contributed by atoms with Crippen molar-refractivity contribution in [3.63, 3.8) is 0 Å². The van der Waals surface area contributed by atoms with Crippen LogP contribution in [0.25, 0.3) is 43.1 Å². The first kappa shape index (κ1) is 26.0. The van der Waals surface area contributed by atoms with Gasteiger partial charge in [-0.25, -0.2) is 0 Å². The van der Waals surface area contributed by atoms with Crippen molar-refractivity contribution in [2.24, 2.45) is 0 Å². The van der Waals surface area contributed by atoms with Gasteiger partial charge in [-0.05, 0) is 43.5 Å². The van der Waals surface area contributed by atoms with E-state index in [9.17, 15) is 9.59 Å². The normalized spacial score (nSPS) is 17.0. The number of anilines is 2. The molecule has 0 bridgehead atoms. The van der Waals surface area contributed by atoms with E-state index in [0.29, 0.717) is 65.7 Å². The second kappa shape index (κ2) is 9.15. The number of rotatable bonds is 5. The molecule has 3 aliphatic heterocycles. The van der Waals surface area contributed by atoms with Crippen LogP contribution in [0.3, 0.4) is 0 Å². The summed E-state index contributed by atoms with van der Waals surface area (Å²) in [5.74, 6) is -0.681. The topological polar surface area (TPSA) is 43.9 Å². The highest BCUT2D eigenvalue weighted by Crippen LogP contribution is 2.55. The fourth-order valence-corrected chi connectivity index (χ4v) is 8.11. The third-order valence-electron chi connectivity index (χ3n) is 9.16. The number of carbonyl (C=O) groups is 2. The van der Waals surface area contributed by atoms with Gasteiger partial charge in [-0.2, -0.15) is 0 Å². The van der Waals surface area contributed by atoms with Crippen molar-refractivity contribution in [1.82, 2.24) is 4.90 Å². The lowest BCUT2D eigenvalue weighted by Gasteiger charge is -2.39. The smallest absolute Gasteiger partial charge is 0.261 e. The maximum Gasteiger partial charge on any atom is 0.261 e. The largest absolute Gasteiger partial charge is 0.371 e. The van der Waals surface area contributed by atoms with Crippen LogP contribution in [0.5, 0.6) is 0 Å². The minimum Gasteiger partial charge on any atom is -0.371 e. The number of carbonyl (C=O) groups excluding carboxylic acids is 2. The second-order valence-corrected chi connectivity index (χ2v) is 13.0. The lowest BCUT2D eigenvalue weighted by atomic mass is 9.83. The lowest BCUT2D eigenvalue weighted by molar-refractivity contribution is 0.0608. The molecule has 5 aromatic rings. The van der Waals surface area contributed by atoms with Gasteiger partial charge in [-0.15, -0.1) is 0 Å². The van der Waals surface area contributed by atoms with Gasteiger partial charge in [0.25, 0.3) is 11.8 Å². The summed E-state index contributed by atoms with van der Waals surface area (Å²) in [7, 11) is 0. The Hall–Kier alpha value is -2.70. The van der Waals surface area contributed by atoms with Crippen molar-refractivity contribution in [3.8, 4) is 0 Å². The van der Waals surface area contributed by atoms with E-state index in [0.717, 1.165) is 78.4 Å². The first-order valence-electron chi connectivity index (χ1n) is 14.2. The SMILES string of the molecule is CCCCN1C(=O)c2cc(Cl)c3c4c(Cl)cc(N5CCC5)c5c(N6CCC6)cc(Cl)c(c6c(Cl)cc(c2c36)C1=O)c54. The van der Waals surface area contributed by atoms with E-state index in [2.05, 4.69) is 9.80 Å². The third-order valence-corrected chi connectivity index (χ3v) is 10.3. The van der Waals surface area contributed by atoms with E-state index in [1.807, 2.05) is 19.1 Å². The molecule has 2 amide bonds. The zero-order valence-corrected chi connectivity index (χ0v) is 25.4. The minimum absolute atomic E-state index is 0.339. The number of halogens is 4. The molecule has 3 aliphatic rings. The van der Waals surface area contributed by atoms with Crippen LogP contribution < -0.4 is 9.80 Å². The molecule has 0 radical (unpaired) electrons. The number of nitrogens with zero attached hydrogens (tertiary/aromatic N) is 3. The maximum atomic E-state index is 13.7. The molecule has 2 saturated heterocycles. The Balaban J connectivity index is 1.59. The monoisotopic (exact) mass is 623 g/mol. The Morgan fingerprint density at radius 2 is 1.00 bits per heavy atom. The number of fused-ring (bicyclic) bond motifs is 2. The van der Waals surface area contributed by atoms with E-state index in [4.69, 9.17) is 46.4 Å². The highest BCUT2D eigenvalue weighted by molar-refractivity contribution is 6.55. The summed E-state index contributed by atoms with van der Waals surface area (Å²) in [4.78, 5) is 33.5. The molecule has 0 spiro atoms. The van der Waals surface area contributed by atoms with E-state index in [1.165, 1.54) is 4.90 Å². The van der Waals surface area contributed by atoms with Crippen molar-refractivity contribution in [1.29, 1.82) is 0 Å². The Kier molecular flexibility index (Phi) is 5.79. The van der Waals surface area contributed by atoms with Crippen LogP contribution >= 0.6 is 46.4 Å². The van der Waals surface area contributed by atoms with Crippen LogP contribution in [0.15, 0.2) is 24.3 Å². The van der Waals surface area contributed by atoms with Crippen LogP contribution in [-0.4, -0.2) is 49.4 Å². The van der Waals surface area contributed by atoms with Crippen molar-refractivity contribution in [2.75, 3.05) is 42.5 Å². The summed E-state index contributed by atoms with van der Waals surface area (Å²) in [5, 5.41) is 8.09. The van der Waals surface area contributed by atoms with Crippen LogP contribution in [0.4, 0.5) is 11.4 Å². The predicted molar refractivity (Wildman–Crippen MR) is 172 cm³/mol. The molecule has 208 valence electrons. The van der Waals surface area contributed by atoms with E-state index >= 15 is 0 Å². The Morgan fingerprint density at radius 1 is 0.585 bits per heavy atom. The number of amides is 2. The Bertz CT molecular complexity index is 1870. The Morgan fingerprint density at radius 3 is 1.39 bits per heavy atom. The molecule has 0 saturated carbocycles. The highest BCUT2D eigenvalue weighted by atomic mass is 35.5. The Labute approximate surface area is 256 Å². The number of imide groups is 1. The van der Waals surface area contributed by atoms with E-state index < -0.39 is 0 Å². The average Bonchev–Trinajstić information content (AvgIpc) is 2.87. The summed E-state index contributed by atoms with van der Waals surface area (Å²) < 4.78 is 0. The van der Waals surface area contributed by atoms with Crippen LogP contribution in [0.1, 0.15) is 53.3 Å². The molecule has 0 N–H and O–H groups in total. The predicted octanol–water partition coefficient (Wildman–Crippen LogP) is 9.17. The van der Waals surface area contributed by atoms with Gasteiger partial charge in [0.05, 0.1) is 21.2 Å². The molecule has 0 unspecified atom stereocenters. The fourth-order valence-electron chi connectivity index (χ4n) is 6.93. The fraction of sp³-hybridized carbons (Fsp3) is 0.312. The molecule has 41 heavy (non-hydrogen) atoms. The summed E-state index contributed by atoms with van der Waals surface area (Å²) in [5.41, 5.74) is 2.97. The van der Waals surface area contributed by atoms with Crippen LogP contribution in [0, 0.1) is 0 Å². The molecule has 5 aromatic carbocycles. The van der Waals surface area contributed by atoms with Gasteiger partial charge in [-0.3, -0.25) is 14.5 Å². The number of benzene rings is 5. The summed E-state index contributed by atoms with van der Waals surface area (Å²) >= 11 is 28.6. The quantitative estimate of drug-likeness (QED) is 0.111. The molecule has 2 fully saturated rings. The summed E-state index contributed by atoms with van der Waals surface area (Å²) in [6, 6.07) is 7.48. The second-order valence-electron chi connectivity index (χ2n) is 11.4. The highest BCUT2D eigenvalue weighted by Gasteiger charge is 2.37. The summed E-state index contributed by atoms with van der Waals surface area (Å²) in [6.07, 6.45) is 3.83. The average molecular weight is 625 g/mol. The van der Waals surface area contributed by atoms with E-state index in [-0.39, 0.29) is 11.8 Å².